The maximum atomic E-state index is 13.2. The standard InChI is InChI=1S/C22H23F3N6O3/c1-13-3-4-18(28-27-13)20-17(14(2)34-29-20)10-31-19(32)7-16(9-26-31)30-11-21(12-30)8-15(5-6-33-21)22(23,24)25/h3-4,7,9,15H,5-6,8,10-12H2,1-2H3/t15-/m1/s1. The van der Waals surface area contributed by atoms with Gasteiger partial charge in [0.2, 0.25) is 0 Å². The van der Waals surface area contributed by atoms with Crippen molar-refractivity contribution in [1.29, 1.82) is 0 Å². The minimum Gasteiger partial charge on any atom is -0.371 e. The van der Waals surface area contributed by atoms with Crippen molar-refractivity contribution in [3.63, 3.8) is 0 Å². The monoisotopic (exact) mass is 476 g/mol. The van der Waals surface area contributed by atoms with Crippen LogP contribution in [0.25, 0.3) is 11.4 Å². The highest BCUT2D eigenvalue weighted by Crippen LogP contribution is 2.44. The number of anilines is 1. The zero-order chi connectivity index (χ0) is 24.1. The van der Waals surface area contributed by atoms with Crippen LogP contribution in [-0.2, 0) is 11.3 Å². The van der Waals surface area contributed by atoms with Crippen LogP contribution in [0.3, 0.4) is 0 Å². The van der Waals surface area contributed by atoms with E-state index in [0.29, 0.717) is 41.5 Å². The van der Waals surface area contributed by atoms with Crippen molar-refractivity contribution < 1.29 is 22.4 Å². The van der Waals surface area contributed by atoms with E-state index >= 15 is 0 Å². The van der Waals surface area contributed by atoms with Gasteiger partial charge in [0, 0.05) is 31.3 Å². The van der Waals surface area contributed by atoms with E-state index in [2.05, 4.69) is 20.5 Å². The van der Waals surface area contributed by atoms with Gasteiger partial charge in [-0.25, -0.2) is 4.68 Å². The van der Waals surface area contributed by atoms with Gasteiger partial charge in [0.25, 0.3) is 5.56 Å². The third-order valence-electron chi connectivity index (χ3n) is 6.47. The third-order valence-corrected chi connectivity index (χ3v) is 6.47. The summed E-state index contributed by atoms with van der Waals surface area (Å²) < 4.78 is 51.8. The number of rotatable bonds is 4. The largest absolute Gasteiger partial charge is 0.392 e. The summed E-state index contributed by atoms with van der Waals surface area (Å²) in [5, 5.41) is 16.5. The molecule has 5 rings (SSSR count). The predicted molar refractivity (Wildman–Crippen MR) is 114 cm³/mol. The fraction of sp³-hybridized carbons (Fsp3) is 0.500. The topological polar surface area (TPSA) is 99.2 Å². The summed E-state index contributed by atoms with van der Waals surface area (Å²) in [6, 6.07) is 5.01. The molecule has 180 valence electrons. The van der Waals surface area contributed by atoms with Crippen LogP contribution in [0.1, 0.15) is 29.9 Å². The van der Waals surface area contributed by atoms with Gasteiger partial charge in [-0.05, 0) is 38.8 Å². The molecule has 0 saturated carbocycles. The Morgan fingerprint density at radius 3 is 2.68 bits per heavy atom. The van der Waals surface area contributed by atoms with Crippen LogP contribution in [0.4, 0.5) is 18.9 Å². The van der Waals surface area contributed by atoms with Gasteiger partial charge >= 0.3 is 6.18 Å². The molecule has 0 amide bonds. The number of halogens is 3. The molecule has 34 heavy (non-hydrogen) atoms. The van der Waals surface area contributed by atoms with E-state index in [1.165, 1.54) is 16.9 Å². The molecule has 2 aliphatic rings. The molecule has 1 atom stereocenters. The number of hydrogen-bond donors (Lipinski definition) is 0. The fourth-order valence-electron chi connectivity index (χ4n) is 4.53. The summed E-state index contributed by atoms with van der Waals surface area (Å²) in [5.74, 6) is -0.817. The van der Waals surface area contributed by atoms with E-state index in [0.717, 1.165) is 5.69 Å². The van der Waals surface area contributed by atoms with E-state index in [4.69, 9.17) is 9.26 Å². The highest BCUT2D eigenvalue weighted by molar-refractivity contribution is 5.58. The first-order valence-electron chi connectivity index (χ1n) is 10.9. The first kappa shape index (κ1) is 22.5. The SMILES string of the molecule is Cc1ccc(-c2noc(C)c2Cn2ncc(N3CC4(C[C@H](C(F)(F)F)CCO4)C3)cc2=O)nn1. The van der Waals surface area contributed by atoms with E-state index in [1.54, 1.807) is 13.0 Å². The van der Waals surface area contributed by atoms with Crippen molar-refractivity contribution in [3.8, 4) is 11.4 Å². The van der Waals surface area contributed by atoms with Crippen molar-refractivity contribution in [2.75, 3.05) is 24.6 Å². The molecule has 0 aromatic carbocycles. The Morgan fingerprint density at radius 1 is 1.21 bits per heavy atom. The molecular weight excluding hydrogens is 453 g/mol. The third kappa shape index (κ3) is 4.17. The zero-order valence-electron chi connectivity index (χ0n) is 18.7. The Balaban J connectivity index is 1.30. The molecule has 3 aromatic rings. The molecule has 9 nitrogen and oxygen atoms in total. The lowest BCUT2D eigenvalue weighted by molar-refractivity contribution is -0.223. The van der Waals surface area contributed by atoms with E-state index in [9.17, 15) is 18.0 Å². The molecule has 12 heteroatoms. The lowest BCUT2D eigenvalue weighted by Crippen LogP contribution is -2.66. The number of hydrogen-bond acceptors (Lipinski definition) is 8. The molecule has 1 spiro atoms. The minimum absolute atomic E-state index is 0.0126. The van der Waals surface area contributed by atoms with Gasteiger partial charge in [0.05, 0.1) is 30.0 Å². The predicted octanol–water partition coefficient (Wildman–Crippen LogP) is 2.90. The molecule has 0 bridgehead atoms. The van der Waals surface area contributed by atoms with E-state index < -0.39 is 17.7 Å². The van der Waals surface area contributed by atoms with Crippen LogP contribution in [0.2, 0.25) is 0 Å². The molecule has 0 unspecified atom stereocenters. The molecule has 0 aliphatic carbocycles. The number of aromatic nitrogens is 5. The quantitative estimate of drug-likeness (QED) is 0.567. The van der Waals surface area contributed by atoms with Gasteiger partial charge in [-0.1, -0.05) is 5.16 Å². The Morgan fingerprint density at radius 2 is 2.00 bits per heavy atom. The highest BCUT2D eigenvalue weighted by atomic mass is 19.4. The molecule has 2 saturated heterocycles. The van der Waals surface area contributed by atoms with Crippen molar-refractivity contribution >= 4 is 5.69 Å². The molecule has 2 aliphatic heterocycles. The van der Waals surface area contributed by atoms with Gasteiger partial charge in [-0.3, -0.25) is 4.79 Å². The first-order chi connectivity index (χ1) is 16.1. The summed E-state index contributed by atoms with van der Waals surface area (Å²) in [6.45, 7) is 4.37. The highest BCUT2D eigenvalue weighted by Gasteiger charge is 2.53. The smallest absolute Gasteiger partial charge is 0.371 e. The van der Waals surface area contributed by atoms with Crippen molar-refractivity contribution in [1.82, 2.24) is 25.1 Å². The van der Waals surface area contributed by atoms with Gasteiger partial charge in [0.1, 0.15) is 22.7 Å². The normalized spacial score (nSPS) is 19.9. The van der Waals surface area contributed by atoms with Gasteiger partial charge < -0.3 is 14.2 Å². The summed E-state index contributed by atoms with van der Waals surface area (Å²) >= 11 is 0. The summed E-state index contributed by atoms with van der Waals surface area (Å²) in [7, 11) is 0. The Labute approximate surface area is 192 Å². The van der Waals surface area contributed by atoms with Crippen molar-refractivity contribution in [2.24, 2.45) is 5.92 Å². The lowest BCUT2D eigenvalue weighted by atomic mass is 9.80. The van der Waals surface area contributed by atoms with Crippen molar-refractivity contribution in [3.05, 3.63) is 51.8 Å². The Hall–Kier alpha value is -3.28. The van der Waals surface area contributed by atoms with Crippen LogP contribution in [-0.4, -0.2) is 56.6 Å². The number of nitrogens with zero attached hydrogens (tertiary/aromatic N) is 6. The molecular formula is C22H23F3N6O3. The van der Waals surface area contributed by atoms with E-state index in [1.807, 2.05) is 17.9 Å². The van der Waals surface area contributed by atoms with Crippen LogP contribution in [0.5, 0.6) is 0 Å². The number of aryl methyl sites for hydroxylation is 2. The van der Waals surface area contributed by atoms with Crippen LogP contribution < -0.4 is 10.5 Å². The van der Waals surface area contributed by atoms with Gasteiger partial charge in [-0.15, -0.1) is 5.10 Å². The fourth-order valence-corrected chi connectivity index (χ4v) is 4.53. The van der Waals surface area contributed by atoms with Crippen molar-refractivity contribution in [2.45, 2.75) is 45.0 Å². The maximum absolute atomic E-state index is 13.2. The minimum atomic E-state index is -4.22. The molecule has 0 N–H and O–H groups in total. The molecule has 5 heterocycles. The number of ether oxygens (including phenoxy) is 1. The first-order valence-corrected chi connectivity index (χ1v) is 10.9. The zero-order valence-corrected chi connectivity index (χ0v) is 18.7. The van der Waals surface area contributed by atoms with E-state index in [-0.39, 0.29) is 31.6 Å². The van der Waals surface area contributed by atoms with Gasteiger partial charge in [-0.2, -0.15) is 23.4 Å². The van der Waals surface area contributed by atoms with Crippen LogP contribution >= 0.6 is 0 Å². The molecule has 0 radical (unpaired) electrons. The van der Waals surface area contributed by atoms with Gasteiger partial charge in [0.15, 0.2) is 0 Å². The average molecular weight is 476 g/mol. The second-order valence-electron chi connectivity index (χ2n) is 8.95. The second-order valence-corrected chi connectivity index (χ2v) is 8.95. The molecule has 2 fully saturated rings. The summed E-state index contributed by atoms with van der Waals surface area (Å²) in [4.78, 5) is 14.6. The summed E-state index contributed by atoms with van der Waals surface area (Å²) in [5.41, 5.74) is 1.82. The lowest BCUT2D eigenvalue weighted by Gasteiger charge is -2.54. The van der Waals surface area contributed by atoms with Crippen LogP contribution in [0.15, 0.2) is 33.7 Å². The summed E-state index contributed by atoms with van der Waals surface area (Å²) in [6.07, 6.45) is -2.76. The average Bonchev–Trinajstić information content (AvgIpc) is 3.13. The Kier molecular flexibility index (Phi) is 5.42. The van der Waals surface area contributed by atoms with Crippen LogP contribution in [0, 0.1) is 19.8 Å². The Bertz CT molecular complexity index is 1250. The maximum Gasteiger partial charge on any atom is 0.392 e. The number of alkyl halides is 3. The second kappa shape index (κ2) is 8.19. The molecule has 3 aromatic heterocycles.